The van der Waals surface area contributed by atoms with E-state index in [1.165, 1.54) is 10.6 Å². The zero-order valence-corrected chi connectivity index (χ0v) is 12.4. The molecule has 0 amide bonds. The van der Waals surface area contributed by atoms with E-state index in [1.807, 2.05) is 60.7 Å². The van der Waals surface area contributed by atoms with Crippen LogP contribution in [0.2, 0.25) is 6.04 Å². The van der Waals surface area contributed by atoms with Gasteiger partial charge in [0.05, 0.1) is 0 Å². The Labute approximate surface area is 115 Å². The van der Waals surface area contributed by atoms with Gasteiger partial charge in [-0.25, -0.2) is 0 Å². The van der Waals surface area contributed by atoms with E-state index >= 15 is 0 Å². The molecule has 0 radical (unpaired) electrons. The summed E-state index contributed by atoms with van der Waals surface area (Å²) in [5.74, 6) is 0. The van der Waals surface area contributed by atoms with Crippen LogP contribution in [0.25, 0.3) is 0 Å². The van der Waals surface area contributed by atoms with Crippen LogP contribution in [0, 0.1) is 0 Å². The third kappa shape index (κ3) is 4.53. The number of hydrogen-bond donors (Lipinski definition) is 3. The quantitative estimate of drug-likeness (QED) is 0.570. The van der Waals surface area contributed by atoms with Gasteiger partial charge in [-0.15, -0.1) is 0 Å². The third-order valence-corrected chi connectivity index (χ3v) is 6.66. The molecular weight excluding hydrogens is 275 g/mol. The van der Waals surface area contributed by atoms with E-state index in [1.54, 1.807) is 0 Å². The Kier molecular flexibility index (Phi) is 4.85. The molecule has 0 unspecified atom stereocenters. The molecule has 0 heterocycles. The molecule has 0 aliphatic carbocycles. The molecule has 0 saturated heterocycles. The highest BCUT2D eigenvalue weighted by Crippen LogP contribution is 2.35. The molecule has 2 aromatic carbocycles. The molecule has 0 aromatic heterocycles. The summed E-state index contributed by atoms with van der Waals surface area (Å²) in [6.45, 7) is 0. The summed E-state index contributed by atoms with van der Waals surface area (Å²) in [7, 11) is -4.63. The number of hydrogen-bond acceptors (Lipinski definition) is 3. The smallest absolute Gasteiger partial charge is 0.390 e. The van der Waals surface area contributed by atoms with Crippen molar-refractivity contribution in [3.63, 3.8) is 0 Å². The van der Waals surface area contributed by atoms with Crippen molar-refractivity contribution in [3.05, 3.63) is 60.7 Å². The maximum atomic E-state index is 9.22. The summed E-state index contributed by atoms with van der Waals surface area (Å²) in [4.78, 5) is 27.7. The summed E-state index contributed by atoms with van der Waals surface area (Å²) in [5, 5.41) is 2.36. The van der Waals surface area contributed by atoms with Gasteiger partial charge < -0.3 is 14.4 Å². The third-order valence-electron chi connectivity index (χ3n) is 2.81. The van der Waals surface area contributed by atoms with Crippen molar-refractivity contribution in [2.24, 2.45) is 0 Å². The molecule has 0 bridgehead atoms. The minimum Gasteiger partial charge on any atom is -0.390 e. The maximum Gasteiger partial charge on any atom is 0.493 e. The Bertz CT molecular complexity index is 460. The van der Waals surface area contributed by atoms with Gasteiger partial charge in [-0.3, -0.25) is 0 Å². The predicted octanol–water partition coefficient (Wildman–Crippen LogP) is 1.04. The lowest BCUT2D eigenvalue weighted by molar-refractivity contribution is 0.230. The molecule has 2 aromatic rings. The van der Waals surface area contributed by atoms with Gasteiger partial charge in [0.15, 0.2) is 0 Å². The molecule has 3 nitrogen and oxygen atoms in total. The fraction of sp³-hybridized carbons (Fsp3) is 0.143. The summed E-state index contributed by atoms with van der Waals surface area (Å²) >= 11 is 0. The standard InChI is InChI=1S/C14H17O3PSi/c15-19(16,17)12-11-18(13-7-3-1-4-8-13)14-9-5-2-6-10-14/h1-10,15-17H,11-12H2. The molecule has 2 rings (SSSR count). The molecule has 100 valence electrons. The molecule has 0 aliphatic heterocycles. The van der Waals surface area contributed by atoms with E-state index < -0.39 is 16.7 Å². The fourth-order valence-corrected chi connectivity index (χ4v) is 5.86. The van der Waals surface area contributed by atoms with E-state index in [4.69, 9.17) is 0 Å². The minimum absolute atomic E-state index is 0.0719. The molecule has 0 fully saturated rings. The second-order valence-corrected chi connectivity index (χ2v) is 8.73. The summed E-state index contributed by atoms with van der Waals surface area (Å²) in [6, 6.07) is 20.1. The van der Waals surface area contributed by atoms with Crippen molar-refractivity contribution in [1.82, 2.24) is 0 Å². The van der Waals surface area contributed by atoms with Crippen LogP contribution in [0.3, 0.4) is 0 Å². The molecule has 3 N–H and O–H groups in total. The van der Waals surface area contributed by atoms with E-state index in [0.29, 0.717) is 6.16 Å². The normalized spacial score (nSPS) is 11.8. The highest BCUT2D eigenvalue weighted by atomic mass is 31.1. The lowest BCUT2D eigenvalue weighted by atomic mass is 10.4. The Hall–Kier alpha value is -1.03. The lowest BCUT2D eigenvalue weighted by Crippen LogP contribution is -2.35. The molecule has 5 heteroatoms. The first-order valence-corrected chi connectivity index (χ1v) is 9.68. The van der Waals surface area contributed by atoms with Crippen molar-refractivity contribution < 1.29 is 14.4 Å². The van der Waals surface area contributed by atoms with Gasteiger partial charge in [0.2, 0.25) is 0 Å². The van der Waals surface area contributed by atoms with Gasteiger partial charge in [-0.1, -0.05) is 60.7 Å². The second kappa shape index (κ2) is 6.42. The Balaban J connectivity index is 2.24. The Morgan fingerprint density at radius 1 is 0.737 bits per heavy atom. The summed E-state index contributed by atoms with van der Waals surface area (Å²) in [5.41, 5.74) is 0. The van der Waals surface area contributed by atoms with Crippen LogP contribution < -0.4 is 10.6 Å². The first-order valence-electron chi connectivity index (χ1n) is 6.11. The van der Waals surface area contributed by atoms with E-state index in [2.05, 4.69) is 0 Å². The van der Waals surface area contributed by atoms with Gasteiger partial charge in [0.25, 0.3) is 0 Å². The molecular formula is C14H17O3PSi. The van der Waals surface area contributed by atoms with Crippen molar-refractivity contribution >= 4 is 27.3 Å². The average Bonchev–Trinajstić information content (AvgIpc) is 2.40. The average molecular weight is 292 g/mol. The van der Waals surface area contributed by atoms with Gasteiger partial charge in [-0.2, -0.15) is 0 Å². The number of benzene rings is 2. The summed E-state index contributed by atoms with van der Waals surface area (Å²) in [6.07, 6.45) is 0.582. The highest BCUT2D eigenvalue weighted by molar-refractivity contribution is 7.73. The molecule has 0 atom stereocenters. The maximum absolute atomic E-state index is 9.22. The van der Waals surface area contributed by atoms with Crippen LogP contribution in [-0.4, -0.2) is 29.4 Å². The molecule has 0 spiro atoms. The fourth-order valence-electron chi connectivity index (χ4n) is 1.88. The van der Waals surface area contributed by atoms with Crippen LogP contribution in [0.5, 0.6) is 0 Å². The SMILES string of the molecule is O[Si](O)(O)CCP(c1ccccc1)c1ccccc1. The van der Waals surface area contributed by atoms with Gasteiger partial charge in [-0.05, 0) is 24.7 Å². The zero-order valence-electron chi connectivity index (χ0n) is 10.5. The van der Waals surface area contributed by atoms with Crippen LogP contribution in [-0.2, 0) is 0 Å². The van der Waals surface area contributed by atoms with Crippen molar-refractivity contribution in [2.45, 2.75) is 6.04 Å². The summed E-state index contributed by atoms with van der Waals surface area (Å²) < 4.78 is 0. The molecule has 0 aliphatic rings. The minimum atomic E-state index is -3.97. The monoisotopic (exact) mass is 292 g/mol. The van der Waals surface area contributed by atoms with Crippen LogP contribution in [0.1, 0.15) is 0 Å². The van der Waals surface area contributed by atoms with E-state index in [9.17, 15) is 14.4 Å². The Morgan fingerprint density at radius 3 is 1.53 bits per heavy atom. The first-order chi connectivity index (χ1) is 9.06. The topological polar surface area (TPSA) is 60.7 Å². The van der Waals surface area contributed by atoms with E-state index in [-0.39, 0.29) is 6.04 Å². The van der Waals surface area contributed by atoms with Gasteiger partial charge >= 0.3 is 8.80 Å². The van der Waals surface area contributed by atoms with Crippen molar-refractivity contribution in [3.8, 4) is 0 Å². The van der Waals surface area contributed by atoms with Crippen molar-refractivity contribution in [1.29, 1.82) is 0 Å². The van der Waals surface area contributed by atoms with Crippen LogP contribution in [0.4, 0.5) is 0 Å². The molecule has 0 saturated carbocycles. The molecule has 19 heavy (non-hydrogen) atoms. The van der Waals surface area contributed by atoms with Crippen LogP contribution in [0.15, 0.2) is 60.7 Å². The largest absolute Gasteiger partial charge is 0.493 e. The Morgan fingerprint density at radius 2 is 1.16 bits per heavy atom. The van der Waals surface area contributed by atoms with E-state index in [0.717, 1.165) is 0 Å². The van der Waals surface area contributed by atoms with Crippen molar-refractivity contribution in [2.75, 3.05) is 6.16 Å². The first kappa shape index (κ1) is 14.4. The number of rotatable bonds is 5. The van der Waals surface area contributed by atoms with Crippen LogP contribution >= 0.6 is 7.92 Å². The predicted molar refractivity (Wildman–Crippen MR) is 81.2 cm³/mol. The van der Waals surface area contributed by atoms with Gasteiger partial charge in [0.1, 0.15) is 0 Å². The second-order valence-electron chi connectivity index (χ2n) is 4.35. The van der Waals surface area contributed by atoms with Gasteiger partial charge in [0, 0.05) is 6.04 Å². The lowest BCUT2D eigenvalue weighted by Gasteiger charge is -2.20. The highest BCUT2D eigenvalue weighted by Gasteiger charge is 2.28. The zero-order chi connectivity index (χ0) is 13.7.